The van der Waals surface area contributed by atoms with Crippen LogP contribution in [0.3, 0.4) is 0 Å². The van der Waals surface area contributed by atoms with Gasteiger partial charge in [0, 0.05) is 24.2 Å². The van der Waals surface area contributed by atoms with Gasteiger partial charge in [-0.1, -0.05) is 17.7 Å². The largest absolute Gasteiger partial charge is 0.465 e. The van der Waals surface area contributed by atoms with Gasteiger partial charge in [0.2, 0.25) is 5.96 Å². The number of carbonyl (C=O) groups is 1. The highest BCUT2D eigenvalue weighted by atomic mass is 35.5. The first-order chi connectivity index (χ1) is 12.2. The Morgan fingerprint density at radius 3 is 2.72 bits per heavy atom. The summed E-state index contributed by atoms with van der Waals surface area (Å²) in [5.74, 6) is 0.968. The van der Waals surface area contributed by atoms with E-state index in [4.69, 9.17) is 20.8 Å². The zero-order valence-corrected chi connectivity index (χ0v) is 14.1. The van der Waals surface area contributed by atoms with Crippen LogP contribution < -0.4 is 4.90 Å². The highest BCUT2D eigenvalue weighted by molar-refractivity contribution is 6.32. The molecule has 128 valence electrons. The van der Waals surface area contributed by atoms with Crippen LogP contribution in [-0.2, 0) is 9.53 Å². The molecule has 4 rings (SSSR count). The number of morpholine rings is 1. The maximum absolute atomic E-state index is 13.0. The number of anilines is 1. The van der Waals surface area contributed by atoms with Gasteiger partial charge >= 0.3 is 0 Å². The van der Waals surface area contributed by atoms with E-state index >= 15 is 0 Å². The molecule has 1 saturated heterocycles. The van der Waals surface area contributed by atoms with Crippen LogP contribution in [0.25, 0.3) is 6.08 Å². The summed E-state index contributed by atoms with van der Waals surface area (Å²) in [6.07, 6.45) is 3.21. The lowest BCUT2D eigenvalue weighted by Gasteiger charge is -2.32. The van der Waals surface area contributed by atoms with E-state index < -0.39 is 0 Å². The number of benzene rings is 1. The number of carbonyl (C=O) groups excluding carboxylic acids is 1. The molecule has 1 amide bonds. The van der Waals surface area contributed by atoms with Crippen LogP contribution in [0.15, 0.2) is 57.8 Å². The molecule has 0 N–H and O–H groups in total. The Morgan fingerprint density at radius 1 is 1.16 bits per heavy atom. The highest BCUT2D eigenvalue weighted by Gasteiger charge is 2.35. The third-order valence-corrected chi connectivity index (χ3v) is 4.26. The van der Waals surface area contributed by atoms with Crippen molar-refractivity contribution >= 4 is 35.2 Å². The van der Waals surface area contributed by atoms with Gasteiger partial charge in [-0.15, -0.1) is 0 Å². The summed E-state index contributed by atoms with van der Waals surface area (Å²) >= 11 is 6.11. The van der Waals surface area contributed by atoms with Gasteiger partial charge in [0.15, 0.2) is 0 Å². The van der Waals surface area contributed by atoms with Gasteiger partial charge in [-0.3, -0.25) is 4.79 Å². The first kappa shape index (κ1) is 15.9. The second kappa shape index (κ2) is 6.74. The Hall–Kier alpha value is -2.57. The average molecular weight is 358 g/mol. The van der Waals surface area contributed by atoms with Crippen molar-refractivity contribution in [1.82, 2.24) is 4.90 Å². The van der Waals surface area contributed by atoms with E-state index in [1.165, 1.54) is 0 Å². The maximum atomic E-state index is 13.0. The lowest BCUT2D eigenvalue weighted by atomic mass is 10.2. The van der Waals surface area contributed by atoms with Crippen LogP contribution in [0, 0.1) is 0 Å². The maximum Gasteiger partial charge on any atom is 0.284 e. The molecule has 7 heteroatoms. The van der Waals surface area contributed by atoms with E-state index in [1.54, 1.807) is 41.5 Å². The number of nitrogens with zero attached hydrogens (tertiary/aromatic N) is 3. The molecule has 0 bridgehead atoms. The predicted molar refractivity (Wildman–Crippen MR) is 95.5 cm³/mol. The highest BCUT2D eigenvalue weighted by Crippen LogP contribution is 2.28. The van der Waals surface area contributed by atoms with Gasteiger partial charge in [-0.05, 0) is 30.3 Å². The fraction of sp³-hybridized carbons (Fsp3) is 0.222. The molecule has 2 aliphatic rings. The van der Waals surface area contributed by atoms with E-state index in [0.29, 0.717) is 54.4 Å². The second-order valence-corrected chi connectivity index (χ2v) is 6.11. The van der Waals surface area contributed by atoms with E-state index in [2.05, 4.69) is 4.99 Å². The molecule has 3 heterocycles. The minimum Gasteiger partial charge on any atom is -0.465 e. The minimum absolute atomic E-state index is 0.208. The lowest BCUT2D eigenvalue weighted by molar-refractivity contribution is -0.113. The summed E-state index contributed by atoms with van der Waals surface area (Å²) in [5, 5.41) is 0.565. The molecule has 2 aliphatic heterocycles. The van der Waals surface area contributed by atoms with Crippen molar-refractivity contribution in [2.75, 3.05) is 31.2 Å². The van der Waals surface area contributed by atoms with Crippen molar-refractivity contribution < 1.29 is 13.9 Å². The van der Waals surface area contributed by atoms with Gasteiger partial charge in [-0.2, -0.15) is 0 Å². The molecular weight excluding hydrogens is 342 g/mol. The number of guanidine groups is 1. The number of furan rings is 1. The fourth-order valence-corrected chi connectivity index (χ4v) is 3.02. The molecule has 0 aliphatic carbocycles. The monoisotopic (exact) mass is 357 g/mol. The molecule has 2 aromatic rings. The smallest absolute Gasteiger partial charge is 0.284 e. The van der Waals surface area contributed by atoms with E-state index in [-0.39, 0.29) is 5.91 Å². The average Bonchev–Trinajstić information content (AvgIpc) is 3.25. The quantitative estimate of drug-likeness (QED) is 0.775. The Morgan fingerprint density at radius 2 is 2.00 bits per heavy atom. The van der Waals surface area contributed by atoms with Crippen molar-refractivity contribution in [3.63, 3.8) is 0 Å². The van der Waals surface area contributed by atoms with Gasteiger partial charge in [0.05, 0.1) is 25.2 Å². The SMILES string of the molecule is O=C1/C(=C/c2ccco2)N=C(N2CCOCC2)N1c1cccc(Cl)c1. The summed E-state index contributed by atoms with van der Waals surface area (Å²) in [5.41, 5.74) is 1.02. The molecule has 1 fully saturated rings. The van der Waals surface area contributed by atoms with Crippen molar-refractivity contribution in [3.8, 4) is 0 Å². The van der Waals surface area contributed by atoms with Crippen LogP contribution in [-0.4, -0.2) is 43.1 Å². The topological polar surface area (TPSA) is 58.3 Å². The molecule has 0 atom stereocenters. The van der Waals surface area contributed by atoms with Crippen LogP contribution in [0.5, 0.6) is 0 Å². The molecule has 0 unspecified atom stereocenters. The van der Waals surface area contributed by atoms with Crippen LogP contribution in [0.4, 0.5) is 5.69 Å². The molecule has 0 saturated carbocycles. The third kappa shape index (κ3) is 3.18. The first-order valence-electron chi connectivity index (χ1n) is 7.99. The standard InChI is InChI=1S/C18H16ClN3O3/c19-13-3-1-4-14(11-13)22-17(23)16(12-15-5-2-8-25-15)20-18(22)21-6-9-24-10-7-21/h1-5,8,11-12H,6-7,9-10H2/b16-12-. The molecular formula is C18H16ClN3O3. The summed E-state index contributed by atoms with van der Waals surface area (Å²) in [6, 6.07) is 10.7. The van der Waals surface area contributed by atoms with Crippen molar-refractivity contribution in [3.05, 3.63) is 59.1 Å². The minimum atomic E-state index is -0.208. The van der Waals surface area contributed by atoms with Gasteiger partial charge in [0.1, 0.15) is 11.5 Å². The van der Waals surface area contributed by atoms with Crippen molar-refractivity contribution in [2.24, 2.45) is 4.99 Å². The zero-order chi connectivity index (χ0) is 17.2. The molecule has 1 aromatic heterocycles. The van der Waals surface area contributed by atoms with Gasteiger partial charge in [0.25, 0.3) is 5.91 Å². The second-order valence-electron chi connectivity index (χ2n) is 5.68. The Bertz CT molecular complexity index is 839. The summed E-state index contributed by atoms with van der Waals surface area (Å²) < 4.78 is 10.7. The fourth-order valence-electron chi connectivity index (χ4n) is 2.84. The normalized spacial score (nSPS) is 19.6. The Kier molecular flexibility index (Phi) is 4.29. The third-order valence-electron chi connectivity index (χ3n) is 4.03. The first-order valence-corrected chi connectivity index (χ1v) is 8.37. The van der Waals surface area contributed by atoms with Gasteiger partial charge in [-0.25, -0.2) is 9.89 Å². The number of ether oxygens (including phenoxy) is 1. The number of amides is 1. The zero-order valence-electron chi connectivity index (χ0n) is 13.4. The number of hydrogen-bond acceptors (Lipinski definition) is 5. The Balaban J connectivity index is 1.75. The lowest BCUT2D eigenvalue weighted by Crippen LogP contribution is -2.48. The Labute approximate surface area is 149 Å². The predicted octanol–water partition coefficient (Wildman–Crippen LogP) is 3.01. The number of hydrogen-bond donors (Lipinski definition) is 0. The summed E-state index contributed by atoms with van der Waals surface area (Å²) in [7, 11) is 0. The van der Waals surface area contributed by atoms with E-state index in [0.717, 1.165) is 0 Å². The molecule has 0 radical (unpaired) electrons. The van der Waals surface area contributed by atoms with E-state index in [1.807, 2.05) is 17.0 Å². The number of halogens is 1. The van der Waals surface area contributed by atoms with Crippen molar-refractivity contribution in [2.45, 2.75) is 0 Å². The summed E-state index contributed by atoms with van der Waals surface area (Å²) in [6.45, 7) is 2.57. The molecule has 0 spiro atoms. The molecule has 6 nitrogen and oxygen atoms in total. The van der Waals surface area contributed by atoms with E-state index in [9.17, 15) is 4.79 Å². The van der Waals surface area contributed by atoms with Crippen LogP contribution in [0.2, 0.25) is 5.02 Å². The number of aliphatic imine (C=N–C) groups is 1. The van der Waals surface area contributed by atoms with Crippen molar-refractivity contribution in [1.29, 1.82) is 0 Å². The molecule has 25 heavy (non-hydrogen) atoms. The van der Waals surface area contributed by atoms with Crippen LogP contribution >= 0.6 is 11.6 Å². The number of rotatable bonds is 2. The van der Waals surface area contributed by atoms with Gasteiger partial charge < -0.3 is 14.1 Å². The summed E-state index contributed by atoms with van der Waals surface area (Å²) in [4.78, 5) is 21.2. The molecule has 1 aromatic carbocycles. The van der Waals surface area contributed by atoms with Crippen LogP contribution in [0.1, 0.15) is 5.76 Å².